The maximum atomic E-state index is 13.7. The molecule has 0 fully saturated rings. The Kier molecular flexibility index (Phi) is 8.14. The number of aliphatic hydroxyl groups excluding tert-OH is 1. The fraction of sp³-hybridized carbons (Fsp3) is 0.267. The summed E-state index contributed by atoms with van der Waals surface area (Å²) >= 11 is 0. The van der Waals surface area contributed by atoms with Crippen LogP contribution in [0.1, 0.15) is 34.8 Å². The van der Waals surface area contributed by atoms with Gasteiger partial charge in [0.25, 0.3) is 11.8 Å². The van der Waals surface area contributed by atoms with Crippen molar-refractivity contribution >= 4 is 23.2 Å². The third-order valence-corrected chi connectivity index (χ3v) is 6.76. The summed E-state index contributed by atoms with van der Waals surface area (Å²) in [7, 11) is 3.11. The molecule has 198 valence electrons. The molecule has 0 saturated carbocycles. The maximum absolute atomic E-state index is 13.7. The minimum absolute atomic E-state index is 0.0112. The minimum atomic E-state index is -1.78. The molecule has 0 radical (unpaired) electrons. The summed E-state index contributed by atoms with van der Waals surface area (Å²) in [5, 5.41) is 23.7. The van der Waals surface area contributed by atoms with Crippen LogP contribution in [-0.4, -0.2) is 42.9 Å². The largest absolute Gasteiger partial charge is 0.497 e. The fourth-order valence-corrected chi connectivity index (χ4v) is 4.55. The average Bonchev–Trinajstić information content (AvgIpc) is 3.16. The van der Waals surface area contributed by atoms with Crippen LogP contribution >= 0.6 is 0 Å². The molecular weight excluding hydrogens is 484 g/mol. The molecule has 8 heteroatoms. The summed E-state index contributed by atoms with van der Waals surface area (Å²) in [6.07, 6.45) is 3.95. The first-order valence-corrected chi connectivity index (χ1v) is 12.4. The molecule has 2 atom stereocenters. The van der Waals surface area contributed by atoms with Crippen molar-refractivity contribution in [3.63, 3.8) is 0 Å². The number of amides is 2. The number of nitrogens with one attached hydrogen (secondary N) is 1. The highest BCUT2D eigenvalue weighted by molar-refractivity contribution is 6.07. The Hall–Kier alpha value is -4.14. The second-order valence-corrected chi connectivity index (χ2v) is 9.15. The van der Waals surface area contributed by atoms with Gasteiger partial charge >= 0.3 is 0 Å². The third-order valence-electron chi connectivity index (χ3n) is 6.76. The Balaban J connectivity index is 1.54. The number of carbonyl (C=O) groups excluding carboxylic acids is 2. The molecule has 3 aromatic carbocycles. The lowest BCUT2D eigenvalue weighted by Gasteiger charge is -2.27. The molecule has 0 aromatic heterocycles. The summed E-state index contributed by atoms with van der Waals surface area (Å²) in [4.78, 5) is 27.8. The summed E-state index contributed by atoms with van der Waals surface area (Å²) in [5.41, 5.74) is 1.26. The van der Waals surface area contributed by atoms with Gasteiger partial charge in [-0.1, -0.05) is 31.2 Å². The normalized spacial score (nSPS) is 17.4. The minimum Gasteiger partial charge on any atom is -0.497 e. The number of hydrogen-bond donors (Lipinski definition) is 3. The molecule has 1 aliphatic heterocycles. The first-order valence-electron chi connectivity index (χ1n) is 12.4. The van der Waals surface area contributed by atoms with Gasteiger partial charge in [0.05, 0.1) is 26.5 Å². The molecule has 0 saturated heterocycles. The van der Waals surface area contributed by atoms with Crippen LogP contribution in [0.25, 0.3) is 0 Å². The van der Waals surface area contributed by atoms with Crippen LogP contribution in [0, 0.1) is 5.92 Å². The smallest absolute Gasteiger partial charge is 0.264 e. The van der Waals surface area contributed by atoms with E-state index in [0.29, 0.717) is 40.4 Å². The molecule has 2 amide bonds. The number of fused-ring (bicyclic) bond motifs is 1. The molecule has 8 nitrogen and oxygen atoms in total. The Bertz CT molecular complexity index is 1320. The van der Waals surface area contributed by atoms with Gasteiger partial charge in [0.15, 0.2) is 5.60 Å². The number of hydrogen-bond acceptors (Lipinski definition) is 6. The molecule has 1 heterocycles. The number of rotatable bonds is 10. The topological polar surface area (TPSA) is 108 Å². The number of benzene rings is 3. The predicted octanol–water partition coefficient (Wildman–Crippen LogP) is 4.27. The summed E-state index contributed by atoms with van der Waals surface area (Å²) < 4.78 is 10.5. The number of nitrogens with zero attached hydrogens (tertiary/aromatic N) is 1. The van der Waals surface area contributed by atoms with E-state index in [1.54, 1.807) is 85.7 Å². The lowest BCUT2D eigenvalue weighted by Crippen LogP contribution is -2.44. The van der Waals surface area contributed by atoms with Crippen LogP contribution in [0.5, 0.6) is 11.5 Å². The number of anilines is 2. The highest BCUT2D eigenvalue weighted by Gasteiger charge is 2.52. The molecule has 0 unspecified atom stereocenters. The molecule has 38 heavy (non-hydrogen) atoms. The van der Waals surface area contributed by atoms with Crippen molar-refractivity contribution in [2.75, 3.05) is 31.0 Å². The van der Waals surface area contributed by atoms with Crippen molar-refractivity contribution in [1.29, 1.82) is 0 Å². The predicted molar refractivity (Wildman–Crippen MR) is 145 cm³/mol. The van der Waals surface area contributed by atoms with E-state index < -0.39 is 17.4 Å². The van der Waals surface area contributed by atoms with Crippen LogP contribution in [0.15, 0.2) is 78.9 Å². The monoisotopic (exact) mass is 516 g/mol. The van der Waals surface area contributed by atoms with Crippen molar-refractivity contribution in [3.8, 4) is 11.5 Å². The van der Waals surface area contributed by atoms with Gasteiger partial charge in [0, 0.05) is 29.3 Å². The van der Waals surface area contributed by atoms with Gasteiger partial charge in [-0.05, 0) is 66.6 Å². The Morgan fingerprint density at radius 3 is 2.32 bits per heavy atom. The molecule has 3 N–H and O–H groups in total. The molecule has 3 aromatic rings. The third kappa shape index (κ3) is 5.27. The van der Waals surface area contributed by atoms with Crippen molar-refractivity contribution in [1.82, 2.24) is 0 Å². The first kappa shape index (κ1) is 26.9. The Morgan fingerprint density at radius 1 is 1.03 bits per heavy atom. The van der Waals surface area contributed by atoms with Crippen molar-refractivity contribution in [2.24, 2.45) is 5.92 Å². The SMILES string of the molecule is COc1ccc(C(=O)Nc2ccc(CN3C(=O)[C@](O)([C@H](C)/C=C/CCO)c4cc(OC)ccc43)cc2)cc1. The van der Waals surface area contributed by atoms with E-state index in [0.717, 1.165) is 5.56 Å². The van der Waals surface area contributed by atoms with Gasteiger partial charge in [-0.3, -0.25) is 9.59 Å². The standard InChI is InChI=1S/C30H32N2O6/c1-20(6-4-5-17-33)30(36)26-18-25(38-3)15-16-27(26)32(29(30)35)19-21-7-11-23(12-8-21)31-28(34)22-9-13-24(37-2)14-10-22/h4,6-16,18,20,33,36H,5,17,19H2,1-3H3,(H,31,34)/b6-4+/t20-,30+/m1/s1. The van der Waals surface area contributed by atoms with Crippen LogP contribution in [0.4, 0.5) is 11.4 Å². The molecular formula is C30H32N2O6. The maximum Gasteiger partial charge on any atom is 0.264 e. The van der Waals surface area contributed by atoms with Crippen molar-refractivity contribution in [2.45, 2.75) is 25.5 Å². The van der Waals surface area contributed by atoms with E-state index in [1.807, 2.05) is 12.1 Å². The van der Waals surface area contributed by atoms with Crippen molar-refractivity contribution in [3.05, 3.63) is 95.6 Å². The van der Waals surface area contributed by atoms with Gasteiger partial charge in [-0.2, -0.15) is 0 Å². The van der Waals surface area contributed by atoms with Gasteiger partial charge in [-0.15, -0.1) is 0 Å². The van der Waals surface area contributed by atoms with E-state index in [4.69, 9.17) is 14.6 Å². The van der Waals surface area contributed by atoms with E-state index in [2.05, 4.69) is 5.32 Å². The quantitative estimate of drug-likeness (QED) is 0.348. The van der Waals surface area contributed by atoms with Gasteiger partial charge < -0.3 is 29.9 Å². The lowest BCUT2D eigenvalue weighted by molar-refractivity contribution is -0.139. The number of aliphatic hydroxyl groups is 2. The molecule has 0 aliphatic carbocycles. The van der Waals surface area contributed by atoms with E-state index in [1.165, 1.54) is 7.11 Å². The van der Waals surface area contributed by atoms with Crippen LogP contribution < -0.4 is 19.7 Å². The highest BCUT2D eigenvalue weighted by Crippen LogP contribution is 2.47. The fourth-order valence-electron chi connectivity index (χ4n) is 4.55. The van der Waals surface area contributed by atoms with E-state index in [9.17, 15) is 14.7 Å². The first-order chi connectivity index (χ1) is 18.3. The van der Waals surface area contributed by atoms with Crippen LogP contribution in [0.2, 0.25) is 0 Å². The zero-order chi connectivity index (χ0) is 27.3. The highest BCUT2D eigenvalue weighted by atomic mass is 16.5. The van der Waals surface area contributed by atoms with Crippen LogP contribution in [-0.2, 0) is 16.9 Å². The van der Waals surface area contributed by atoms with Crippen LogP contribution in [0.3, 0.4) is 0 Å². The second-order valence-electron chi connectivity index (χ2n) is 9.15. The number of carbonyl (C=O) groups is 2. The number of ether oxygens (including phenoxy) is 2. The summed E-state index contributed by atoms with van der Waals surface area (Å²) in [6.45, 7) is 2.00. The molecule has 4 rings (SSSR count). The molecule has 0 bridgehead atoms. The van der Waals surface area contributed by atoms with Gasteiger partial charge in [0.1, 0.15) is 11.5 Å². The summed E-state index contributed by atoms with van der Waals surface area (Å²) in [6, 6.07) is 19.3. The van der Waals surface area contributed by atoms with Crippen molar-refractivity contribution < 1.29 is 29.3 Å². The Morgan fingerprint density at radius 2 is 1.68 bits per heavy atom. The number of methoxy groups -OCH3 is 2. The van der Waals surface area contributed by atoms with Gasteiger partial charge in [0.2, 0.25) is 0 Å². The lowest BCUT2D eigenvalue weighted by atomic mass is 9.83. The van der Waals surface area contributed by atoms with Gasteiger partial charge in [-0.25, -0.2) is 0 Å². The van der Waals surface area contributed by atoms with E-state index >= 15 is 0 Å². The average molecular weight is 517 g/mol. The molecule has 0 spiro atoms. The zero-order valence-electron chi connectivity index (χ0n) is 21.7. The second kappa shape index (κ2) is 11.5. The Labute approximate surface area is 222 Å². The molecule has 1 aliphatic rings. The summed E-state index contributed by atoms with van der Waals surface area (Å²) in [5.74, 6) is 0.00297. The zero-order valence-corrected chi connectivity index (χ0v) is 21.7. The van der Waals surface area contributed by atoms with E-state index in [-0.39, 0.29) is 19.1 Å².